The van der Waals surface area contributed by atoms with E-state index in [4.69, 9.17) is 0 Å². The maximum absolute atomic E-state index is 11.3. The van der Waals surface area contributed by atoms with Crippen LogP contribution in [0.1, 0.15) is 20.8 Å². The molecular weight excluding hydrogens is 142 g/mol. The van der Waals surface area contributed by atoms with Crippen LogP contribution in [0.25, 0.3) is 0 Å². The van der Waals surface area contributed by atoms with Gasteiger partial charge in [-0.05, 0) is 12.8 Å². The van der Waals surface area contributed by atoms with Gasteiger partial charge in [-0.3, -0.25) is 4.79 Å². The Balaban J connectivity index is 4.43. The third-order valence-electron chi connectivity index (χ3n) is 1.96. The summed E-state index contributed by atoms with van der Waals surface area (Å²) >= 11 is 0. The number of amides is 1. The molecule has 1 unspecified atom stereocenters. The molecular formula is C8H17NO2. The fourth-order valence-corrected chi connectivity index (χ4v) is 0.700. The van der Waals surface area contributed by atoms with Crippen LogP contribution in [0.3, 0.4) is 0 Å². The maximum atomic E-state index is 11.3. The Morgan fingerprint density at radius 1 is 1.45 bits per heavy atom. The first kappa shape index (κ1) is 10.4. The third kappa shape index (κ3) is 2.19. The number of hydrogen-bond donors (Lipinski definition) is 1. The van der Waals surface area contributed by atoms with Crippen LogP contribution in [0.2, 0.25) is 0 Å². The lowest BCUT2D eigenvalue weighted by Gasteiger charge is -2.29. The van der Waals surface area contributed by atoms with Crippen molar-refractivity contribution in [1.29, 1.82) is 0 Å². The van der Waals surface area contributed by atoms with Crippen LogP contribution >= 0.6 is 0 Å². The maximum Gasteiger partial charge on any atom is 0.253 e. The van der Waals surface area contributed by atoms with Gasteiger partial charge in [0.2, 0.25) is 0 Å². The molecule has 0 aliphatic heterocycles. The minimum Gasteiger partial charge on any atom is -0.380 e. The lowest BCUT2D eigenvalue weighted by molar-refractivity contribution is -0.151. The fraction of sp³-hybridized carbons (Fsp3) is 0.875. The van der Waals surface area contributed by atoms with Crippen molar-refractivity contribution in [1.82, 2.24) is 4.90 Å². The smallest absolute Gasteiger partial charge is 0.253 e. The number of hydrogen-bond acceptors (Lipinski definition) is 2. The van der Waals surface area contributed by atoms with Crippen molar-refractivity contribution < 1.29 is 9.90 Å². The monoisotopic (exact) mass is 159 g/mol. The van der Waals surface area contributed by atoms with E-state index in [0.717, 1.165) is 0 Å². The summed E-state index contributed by atoms with van der Waals surface area (Å²) in [5.74, 6) is -0.301. The van der Waals surface area contributed by atoms with Gasteiger partial charge < -0.3 is 10.0 Å². The van der Waals surface area contributed by atoms with Crippen LogP contribution < -0.4 is 0 Å². The molecule has 11 heavy (non-hydrogen) atoms. The molecule has 0 fully saturated rings. The second-order valence-electron chi connectivity index (χ2n) is 3.50. The van der Waals surface area contributed by atoms with Crippen LogP contribution in [0.15, 0.2) is 0 Å². The van der Waals surface area contributed by atoms with Crippen molar-refractivity contribution in [2.75, 3.05) is 14.1 Å². The fourth-order valence-electron chi connectivity index (χ4n) is 0.700. The topological polar surface area (TPSA) is 40.5 Å². The van der Waals surface area contributed by atoms with Gasteiger partial charge in [-0.1, -0.05) is 13.8 Å². The van der Waals surface area contributed by atoms with Gasteiger partial charge in [0.25, 0.3) is 5.91 Å². The summed E-state index contributed by atoms with van der Waals surface area (Å²) in [7, 11) is 3.28. The highest BCUT2D eigenvalue weighted by atomic mass is 16.3. The van der Waals surface area contributed by atoms with Crippen LogP contribution in [0, 0.1) is 5.92 Å². The summed E-state index contributed by atoms with van der Waals surface area (Å²) in [6.45, 7) is 5.18. The molecule has 0 heterocycles. The van der Waals surface area contributed by atoms with Gasteiger partial charge in [-0.15, -0.1) is 0 Å². The second-order valence-corrected chi connectivity index (χ2v) is 3.50. The highest BCUT2D eigenvalue weighted by Crippen LogP contribution is 2.17. The number of nitrogens with zero attached hydrogens (tertiary/aromatic N) is 1. The summed E-state index contributed by atoms with van der Waals surface area (Å²) < 4.78 is 0. The zero-order valence-electron chi connectivity index (χ0n) is 7.88. The highest BCUT2D eigenvalue weighted by molar-refractivity contribution is 5.84. The molecule has 0 aromatic carbocycles. The Bertz CT molecular complexity index is 150. The summed E-state index contributed by atoms with van der Waals surface area (Å²) in [5.41, 5.74) is -1.23. The first-order valence-corrected chi connectivity index (χ1v) is 3.74. The quantitative estimate of drug-likeness (QED) is 0.636. The molecule has 0 aromatic rings. The standard InChI is InChI=1S/C8H17NO2/c1-6(2)8(3,11)7(10)9(4)5/h6,11H,1-5H3. The molecule has 0 aliphatic carbocycles. The van der Waals surface area contributed by atoms with Gasteiger partial charge in [0, 0.05) is 14.1 Å². The molecule has 1 atom stereocenters. The van der Waals surface area contributed by atoms with Crippen LogP contribution in [-0.2, 0) is 4.79 Å². The summed E-state index contributed by atoms with van der Waals surface area (Å²) in [6, 6.07) is 0. The lowest BCUT2D eigenvalue weighted by atomic mass is 9.91. The predicted molar refractivity (Wildman–Crippen MR) is 44.2 cm³/mol. The van der Waals surface area contributed by atoms with Gasteiger partial charge >= 0.3 is 0 Å². The van der Waals surface area contributed by atoms with E-state index in [1.165, 1.54) is 4.90 Å². The molecule has 0 spiro atoms. The molecule has 0 aromatic heterocycles. The molecule has 0 bridgehead atoms. The average Bonchev–Trinajstić information content (AvgIpc) is 1.85. The second kappa shape index (κ2) is 3.22. The van der Waals surface area contributed by atoms with Crippen molar-refractivity contribution >= 4 is 5.91 Å². The van der Waals surface area contributed by atoms with Crippen molar-refractivity contribution in [2.45, 2.75) is 26.4 Å². The van der Waals surface area contributed by atoms with Crippen LogP contribution in [-0.4, -0.2) is 35.6 Å². The van der Waals surface area contributed by atoms with Crippen molar-refractivity contribution in [3.05, 3.63) is 0 Å². The van der Waals surface area contributed by atoms with E-state index >= 15 is 0 Å². The van der Waals surface area contributed by atoms with Crippen molar-refractivity contribution in [3.8, 4) is 0 Å². The van der Waals surface area contributed by atoms with E-state index in [-0.39, 0.29) is 11.8 Å². The molecule has 66 valence electrons. The SMILES string of the molecule is CC(C)C(C)(O)C(=O)N(C)C. The molecule has 0 aliphatic rings. The molecule has 1 amide bonds. The summed E-state index contributed by atoms with van der Waals surface area (Å²) in [4.78, 5) is 12.7. The highest BCUT2D eigenvalue weighted by Gasteiger charge is 2.34. The van der Waals surface area contributed by atoms with Crippen LogP contribution in [0.4, 0.5) is 0 Å². The first-order valence-electron chi connectivity index (χ1n) is 3.74. The zero-order valence-corrected chi connectivity index (χ0v) is 7.88. The first-order chi connectivity index (χ1) is 4.80. The van der Waals surface area contributed by atoms with E-state index in [2.05, 4.69) is 0 Å². The Hall–Kier alpha value is -0.570. The zero-order chi connectivity index (χ0) is 9.23. The Morgan fingerprint density at radius 3 is 1.91 bits per heavy atom. The van der Waals surface area contributed by atoms with Crippen molar-refractivity contribution in [3.63, 3.8) is 0 Å². The van der Waals surface area contributed by atoms with E-state index in [1.54, 1.807) is 21.0 Å². The van der Waals surface area contributed by atoms with Gasteiger partial charge in [-0.2, -0.15) is 0 Å². The average molecular weight is 159 g/mol. The van der Waals surface area contributed by atoms with Crippen molar-refractivity contribution in [2.24, 2.45) is 5.92 Å². The van der Waals surface area contributed by atoms with E-state index in [9.17, 15) is 9.90 Å². The normalized spacial score (nSPS) is 16.3. The van der Waals surface area contributed by atoms with E-state index < -0.39 is 5.60 Å². The Kier molecular flexibility index (Phi) is 3.05. The largest absolute Gasteiger partial charge is 0.380 e. The van der Waals surface area contributed by atoms with E-state index in [0.29, 0.717) is 0 Å². The molecule has 0 saturated carbocycles. The van der Waals surface area contributed by atoms with E-state index in [1.807, 2.05) is 13.8 Å². The number of rotatable bonds is 2. The molecule has 1 N–H and O–H groups in total. The minimum absolute atomic E-state index is 0.0580. The number of carbonyl (C=O) groups excluding carboxylic acids is 1. The van der Waals surface area contributed by atoms with Crippen LogP contribution in [0.5, 0.6) is 0 Å². The van der Waals surface area contributed by atoms with Gasteiger partial charge in [0.05, 0.1) is 0 Å². The Morgan fingerprint density at radius 2 is 1.82 bits per heavy atom. The van der Waals surface area contributed by atoms with Gasteiger partial charge in [0.1, 0.15) is 5.60 Å². The number of aliphatic hydroxyl groups is 1. The predicted octanol–water partition coefficient (Wildman–Crippen LogP) is 0.482. The number of carbonyl (C=O) groups is 1. The van der Waals surface area contributed by atoms with Gasteiger partial charge in [0.15, 0.2) is 0 Å². The Labute approximate surface area is 68.0 Å². The summed E-state index contributed by atoms with van der Waals surface area (Å²) in [5, 5.41) is 9.64. The molecule has 3 heteroatoms. The molecule has 3 nitrogen and oxygen atoms in total. The molecule has 0 saturated heterocycles. The summed E-state index contributed by atoms with van der Waals surface area (Å²) in [6.07, 6.45) is 0. The van der Waals surface area contributed by atoms with Gasteiger partial charge in [-0.25, -0.2) is 0 Å². The lowest BCUT2D eigenvalue weighted by Crippen LogP contribution is -2.47. The third-order valence-corrected chi connectivity index (χ3v) is 1.96. The molecule has 0 rings (SSSR count). The number of likely N-dealkylation sites (N-methyl/N-ethyl adjacent to an activating group) is 1. The molecule has 0 radical (unpaired) electrons. The minimum atomic E-state index is -1.23.